The second-order valence-corrected chi connectivity index (χ2v) is 8.99. The van der Waals surface area contributed by atoms with Crippen molar-refractivity contribution in [2.24, 2.45) is 0 Å². The summed E-state index contributed by atoms with van der Waals surface area (Å²) in [6, 6.07) is 18.0. The molecule has 0 saturated carbocycles. The number of aromatic nitrogens is 3. The molecular weight excluding hydrogens is 418 g/mol. The highest BCUT2D eigenvalue weighted by molar-refractivity contribution is 7.98. The van der Waals surface area contributed by atoms with Crippen LogP contribution in [0.1, 0.15) is 21.6 Å². The van der Waals surface area contributed by atoms with Gasteiger partial charge in [0.2, 0.25) is 0 Å². The molecule has 1 aliphatic rings. The minimum absolute atomic E-state index is 0.114. The number of hydrogen-bond donors (Lipinski definition) is 0. The van der Waals surface area contributed by atoms with E-state index in [1.165, 1.54) is 5.56 Å². The first-order valence-corrected chi connectivity index (χ1v) is 11.8. The lowest BCUT2D eigenvalue weighted by Gasteiger charge is -2.34. The third-order valence-electron chi connectivity index (χ3n) is 5.69. The van der Waals surface area contributed by atoms with Gasteiger partial charge in [0.25, 0.3) is 5.91 Å². The van der Waals surface area contributed by atoms with Crippen molar-refractivity contribution in [3.63, 3.8) is 0 Å². The summed E-state index contributed by atoms with van der Waals surface area (Å²) in [5, 5.41) is 0. The largest absolute Gasteiger partial charge is 0.336 e. The van der Waals surface area contributed by atoms with Crippen LogP contribution >= 0.6 is 11.8 Å². The zero-order valence-corrected chi connectivity index (χ0v) is 18.6. The molecule has 1 fully saturated rings. The smallest absolute Gasteiger partial charge is 0.253 e. The van der Waals surface area contributed by atoms with Gasteiger partial charge in [0.15, 0.2) is 0 Å². The number of fused-ring (bicyclic) bond motifs is 1. The van der Waals surface area contributed by atoms with Crippen LogP contribution < -0.4 is 0 Å². The topological polar surface area (TPSA) is 53.7 Å². The van der Waals surface area contributed by atoms with Crippen LogP contribution in [-0.2, 0) is 12.3 Å². The molecule has 0 bridgehead atoms. The quantitative estimate of drug-likeness (QED) is 0.422. The number of imidazole rings is 1. The number of rotatable bonds is 6. The molecular formula is C25H25N5OS. The fourth-order valence-electron chi connectivity index (χ4n) is 3.95. The molecule has 162 valence electrons. The van der Waals surface area contributed by atoms with E-state index in [0.29, 0.717) is 0 Å². The SMILES string of the molecule is O=C(c1ccc(SCc2cn3ccccc3n2)cc1)N1CCN(Cc2cccnc2)CC1. The molecule has 5 rings (SSSR count). The van der Waals surface area contributed by atoms with Crippen molar-refractivity contribution in [2.45, 2.75) is 17.2 Å². The van der Waals surface area contributed by atoms with E-state index in [4.69, 9.17) is 0 Å². The van der Waals surface area contributed by atoms with E-state index in [1.807, 2.05) is 70.2 Å². The van der Waals surface area contributed by atoms with Crippen molar-refractivity contribution in [1.29, 1.82) is 0 Å². The molecule has 6 nitrogen and oxygen atoms in total. The van der Waals surface area contributed by atoms with Crippen molar-refractivity contribution >= 4 is 23.3 Å². The Kier molecular flexibility index (Phi) is 6.18. The molecule has 1 aliphatic heterocycles. The summed E-state index contributed by atoms with van der Waals surface area (Å²) < 4.78 is 2.04. The first kappa shape index (κ1) is 20.7. The summed E-state index contributed by atoms with van der Waals surface area (Å²) in [6.45, 7) is 4.15. The number of benzene rings is 1. The summed E-state index contributed by atoms with van der Waals surface area (Å²) in [6.07, 6.45) is 7.78. The van der Waals surface area contributed by atoms with Gasteiger partial charge >= 0.3 is 0 Å². The van der Waals surface area contributed by atoms with Crippen LogP contribution in [-0.4, -0.2) is 56.3 Å². The normalized spacial score (nSPS) is 14.7. The molecule has 0 unspecified atom stereocenters. The second kappa shape index (κ2) is 9.54. The highest BCUT2D eigenvalue weighted by atomic mass is 32.2. The lowest BCUT2D eigenvalue weighted by molar-refractivity contribution is 0.0628. The van der Waals surface area contributed by atoms with E-state index >= 15 is 0 Å². The number of thioether (sulfide) groups is 1. The lowest BCUT2D eigenvalue weighted by atomic mass is 10.1. The maximum absolute atomic E-state index is 12.9. The molecule has 1 amide bonds. The zero-order valence-electron chi connectivity index (χ0n) is 17.8. The first-order chi connectivity index (χ1) is 15.7. The van der Waals surface area contributed by atoms with E-state index in [0.717, 1.165) is 60.3 Å². The summed E-state index contributed by atoms with van der Waals surface area (Å²) >= 11 is 1.73. The van der Waals surface area contributed by atoms with Gasteiger partial charge in [0.05, 0.1) is 5.69 Å². The van der Waals surface area contributed by atoms with Crippen LogP contribution in [0.15, 0.2) is 84.3 Å². The Balaban J connectivity index is 1.13. The molecule has 1 saturated heterocycles. The van der Waals surface area contributed by atoms with Gasteiger partial charge < -0.3 is 9.30 Å². The number of pyridine rings is 2. The molecule has 0 atom stereocenters. The van der Waals surface area contributed by atoms with Crippen molar-refractivity contribution in [3.8, 4) is 0 Å². The number of carbonyl (C=O) groups excluding carboxylic acids is 1. The molecule has 0 aliphatic carbocycles. The fourth-order valence-corrected chi connectivity index (χ4v) is 4.73. The zero-order chi connectivity index (χ0) is 21.8. The summed E-state index contributed by atoms with van der Waals surface area (Å²) in [5.74, 6) is 0.913. The van der Waals surface area contributed by atoms with E-state index in [9.17, 15) is 4.79 Å². The fraction of sp³-hybridized carbons (Fsp3) is 0.240. The Morgan fingerprint density at radius 2 is 1.81 bits per heavy atom. The van der Waals surface area contributed by atoms with Crippen LogP contribution in [0.4, 0.5) is 0 Å². The van der Waals surface area contributed by atoms with E-state index in [1.54, 1.807) is 18.0 Å². The third kappa shape index (κ3) is 4.84. The Morgan fingerprint density at radius 1 is 0.969 bits per heavy atom. The standard InChI is InChI=1S/C25H25N5OS/c31-25(29-14-12-28(13-15-29)17-20-4-3-10-26-16-20)21-6-8-23(9-7-21)32-19-22-18-30-11-2-1-5-24(30)27-22/h1-11,16,18H,12-15,17,19H2. The van der Waals surface area contributed by atoms with Gasteiger partial charge in [0, 0.05) is 73.7 Å². The third-order valence-corrected chi connectivity index (χ3v) is 6.74. The van der Waals surface area contributed by atoms with Crippen molar-refractivity contribution in [3.05, 3.63) is 96.2 Å². The highest BCUT2D eigenvalue weighted by Gasteiger charge is 2.22. The van der Waals surface area contributed by atoms with Crippen LogP contribution in [0.3, 0.4) is 0 Å². The van der Waals surface area contributed by atoms with Crippen molar-refractivity contribution in [1.82, 2.24) is 24.2 Å². The highest BCUT2D eigenvalue weighted by Crippen LogP contribution is 2.23. The van der Waals surface area contributed by atoms with Gasteiger partial charge in [-0.05, 0) is 48.0 Å². The molecule has 0 N–H and O–H groups in total. The number of piperazine rings is 1. The van der Waals surface area contributed by atoms with Crippen LogP contribution in [0, 0.1) is 0 Å². The maximum Gasteiger partial charge on any atom is 0.253 e. The molecule has 0 spiro atoms. The molecule has 0 radical (unpaired) electrons. The molecule has 32 heavy (non-hydrogen) atoms. The Morgan fingerprint density at radius 3 is 2.56 bits per heavy atom. The summed E-state index contributed by atoms with van der Waals surface area (Å²) in [4.78, 5) is 27.2. The molecule has 1 aromatic carbocycles. The predicted molar refractivity (Wildman–Crippen MR) is 127 cm³/mol. The van der Waals surface area contributed by atoms with Gasteiger partial charge in [-0.3, -0.25) is 14.7 Å². The molecule has 4 aromatic rings. The number of hydrogen-bond acceptors (Lipinski definition) is 5. The van der Waals surface area contributed by atoms with Gasteiger partial charge in [-0.25, -0.2) is 4.98 Å². The molecule has 3 aromatic heterocycles. The summed E-state index contributed by atoms with van der Waals surface area (Å²) in [7, 11) is 0. The number of nitrogens with zero attached hydrogens (tertiary/aromatic N) is 5. The Bertz CT molecular complexity index is 1150. The number of amides is 1. The van der Waals surface area contributed by atoms with Crippen LogP contribution in [0.25, 0.3) is 5.65 Å². The maximum atomic E-state index is 12.9. The minimum atomic E-state index is 0.114. The average molecular weight is 444 g/mol. The summed E-state index contributed by atoms with van der Waals surface area (Å²) in [5.41, 5.74) is 3.97. The van der Waals surface area contributed by atoms with E-state index in [-0.39, 0.29) is 5.91 Å². The monoisotopic (exact) mass is 443 g/mol. The number of carbonyl (C=O) groups is 1. The van der Waals surface area contributed by atoms with Gasteiger partial charge in [0.1, 0.15) is 5.65 Å². The lowest BCUT2D eigenvalue weighted by Crippen LogP contribution is -2.48. The Labute approximate surface area is 191 Å². The van der Waals surface area contributed by atoms with Gasteiger partial charge in [-0.1, -0.05) is 12.1 Å². The van der Waals surface area contributed by atoms with E-state index < -0.39 is 0 Å². The minimum Gasteiger partial charge on any atom is -0.336 e. The molecule has 7 heteroatoms. The predicted octanol–water partition coefficient (Wildman–Crippen LogP) is 3.98. The Hall–Kier alpha value is -3.16. The average Bonchev–Trinajstić information content (AvgIpc) is 3.27. The van der Waals surface area contributed by atoms with Gasteiger partial charge in [-0.15, -0.1) is 11.8 Å². The van der Waals surface area contributed by atoms with Crippen molar-refractivity contribution < 1.29 is 4.79 Å². The van der Waals surface area contributed by atoms with Crippen LogP contribution in [0.2, 0.25) is 0 Å². The second-order valence-electron chi connectivity index (χ2n) is 7.94. The van der Waals surface area contributed by atoms with Crippen LogP contribution in [0.5, 0.6) is 0 Å². The first-order valence-electron chi connectivity index (χ1n) is 10.8. The van der Waals surface area contributed by atoms with E-state index in [2.05, 4.69) is 27.1 Å². The van der Waals surface area contributed by atoms with Gasteiger partial charge in [-0.2, -0.15) is 0 Å². The van der Waals surface area contributed by atoms with Crippen molar-refractivity contribution in [2.75, 3.05) is 26.2 Å². The molecule has 4 heterocycles.